The molecule has 1 aromatic carbocycles. The van der Waals surface area contributed by atoms with Crippen LogP contribution >= 0.6 is 15.9 Å². The fourth-order valence-corrected chi connectivity index (χ4v) is 6.37. The van der Waals surface area contributed by atoms with E-state index in [-0.39, 0.29) is 22.2 Å². The first-order valence-corrected chi connectivity index (χ1v) is 18.8. The summed E-state index contributed by atoms with van der Waals surface area (Å²) in [6.45, 7) is 24.8. The molecular formula is C25H47BrN2O3Si2. The molecule has 2 atom stereocenters. The molecule has 1 aromatic rings. The summed E-state index contributed by atoms with van der Waals surface area (Å²) >= 11 is 3.60. The Labute approximate surface area is 213 Å². The Kier molecular flexibility index (Phi) is 9.36. The fourth-order valence-electron chi connectivity index (χ4n) is 3.45. The summed E-state index contributed by atoms with van der Waals surface area (Å²) in [7, 11) is -1.97. The van der Waals surface area contributed by atoms with Gasteiger partial charge in [0.15, 0.2) is 16.6 Å². The van der Waals surface area contributed by atoms with Crippen LogP contribution in [-0.4, -0.2) is 54.1 Å². The molecule has 1 fully saturated rings. The molecule has 0 saturated carbocycles. The molecule has 1 heterocycles. The number of halogens is 1. The van der Waals surface area contributed by atoms with Gasteiger partial charge in [0, 0.05) is 23.2 Å². The highest BCUT2D eigenvalue weighted by Crippen LogP contribution is 2.40. The Bertz CT molecular complexity index is 791. The zero-order chi connectivity index (χ0) is 25.2. The molecule has 1 aliphatic heterocycles. The minimum Gasteiger partial charge on any atom is -0.497 e. The van der Waals surface area contributed by atoms with Crippen LogP contribution in [0.4, 0.5) is 5.69 Å². The van der Waals surface area contributed by atoms with Gasteiger partial charge in [0.05, 0.1) is 25.4 Å². The van der Waals surface area contributed by atoms with Crippen LogP contribution in [0, 0.1) is 0 Å². The summed E-state index contributed by atoms with van der Waals surface area (Å²) in [5.74, 6) is 0.831. The molecule has 0 aromatic heterocycles. The number of hydrazine groups is 1. The van der Waals surface area contributed by atoms with Crippen LogP contribution in [0.3, 0.4) is 0 Å². The molecule has 2 rings (SSSR count). The number of rotatable bonds is 8. The number of anilines is 1. The summed E-state index contributed by atoms with van der Waals surface area (Å²) in [4.78, 5) is 0. The Hall–Kier alpha value is -0.386. The first-order chi connectivity index (χ1) is 14.9. The molecule has 0 spiro atoms. The predicted octanol–water partition coefficient (Wildman–Crippen LogP) is 7.66. The van der Waals surface area contributed by atoms with Crippen molar-refractivity contribution < 1.29 is 13.6 Å². The topological polar surface area (TPSA) is 43.0 Å². The smallest absolute Gasteiger partial charge is 0.192 e. The van der Waals surface area contributed by atoms with Crippen LogP contribution in [0.25, 0.3) is 0 Å². The summed E-state index contributed by atoms with van der Waals surface area (Å²) in [6, 6.07) is 6.34. The second-order valence-corrected chi connectivity index (χ2v) is 22.9. The van der Waals surface area contributed by atoms with Crippen LogP contribution in [0.15, 0.2) is 22.7 Å². The second-order valence-electron chi connectivity index (χ2n) is 12.4. The second kappa shape index (κ2) is 10.7. The average molecular weight is 560 g/mol. The van der Waals surface area contributed by atoms with Gasteiger partial charge >= 0.3 is 0 Å². The summed E-state index contributed by atoms with van der Waals surface area (Å²) in [6.07, 6.45) is 2.26. The molecule has 0 aliphatic carbocycles. The average Bonchev–Trinajstić information content (AvgIpc) is 2.65. The van der Waals surface area contributed by atoms with E-state index in [0.717, 1.165) is 35.3 Å². The lowest BCUT2D eigenvalue weighted by Gasteiger charge is -2.46. The minimum absolute atomic E-state index is 0.189. The molecule has 5 nitrogen and oxygen atoms in total. The molecular weight excluding hydrogens is 512 g/mol. The van der Waals surface area contributed by atoms with E-state index in [1.165, 1.54) is 0 Å². The van der Waals surface area contributed by atoms with Crippen molar-refractivity contribution in [2.45, 2.75) is 103 Å². The van der Waals surface area contributed by atoms with Gasteiger partial charge < -0.3 is 19.0 Å². The highest BCUT2D eigenvalue weighted by Gasteiger charge is 2.42. The van der Waals surface area contributed by atoms with Crippen molar-refractivity contribution in [1.29, 1.82) is 0 Å². The summed E-state index contributed by atoms with van der Waals surface area (Å²) < 4.78 is 20.0. The van der Waals surface area contributed by atoms with Crippen LogP contribution < -0.4 is 10.2 Å². The van der Waals surface area contributed by atoms with Crippen molar-refractivity contribution in [2.75, 3.05) is 25.7 Å². The number of hydrogen-bond donors (Lipinski definition) is 1. The lowest BCUT2D eigenvalue weighted by molar-refractivity contribution is 0.0382. The van der Waals surface area contributed by atoms with Crippen LogP contribution in [-0.2, 0) is 8.85 Å². The molecule has 0 amide bonds. The number of nitrogens with zero attached hydrogens (tertiary/aromatic N) is 1. The predicted molar refractivity (Wildman–Crippen MR) is 149 cm³/mol. The maximum Gasteiger partial charge on any atom is 0.192 e. The third-order valence-corrected chi connectivity index (χ3v) is 17.3. The van der Waals surface area contributed by atoms with Gasteiger partial charge in [-0.15, -0.1) is 0 Å². The number of ether oxygens (including phenoxy) is 1. The number of hydrogen-bond acceptors (Lipinski definition) is 5. The molecule has 1 aliphatic rings. The van der Waals surface area contributed by atoms with Crippen molar-refractivity contribution in [2.24, 2.45) is 0 Å². The maximum absolute atomic E-state index is 6.84. The van der Waals surface area contributed by atoms with Crippen molar-refractivity contribution in [1.82, 2.24) is 5.01 Å². The third kappa shape index (κ3) is 7.80. The van der Waals surface area contributed by atoms with E-state index in [0.29, 0.717) is 6.61 Å². The number of benzene rings is 1. The van der Waals surface area contributed by atoms with Gasteiger partial charge in [0.2, 0.25) is 0 Å². The van der Waals surface area contributed by atoms with Crippen LogP contribution in [0.1, 0.15) is 54.4 Å². The van der Waals surface area contributed by atoms with Gasteiger partial charge in [0.1, 0.15) is 5.75 Å². The lowest BCUT2D eigenvalue weighted by Crippen LogP contribution is -2.54. The Balaban J connectivity index is 2.21. The number of methoxy groups -OCH3 is 1. The minimum atomic E-state index is -1.85. The zero-order valence-corrected chi connectivity index (χ0v) is 26.4. The largest absolute Gasteiger partial charge is 0.497 e. The first kappa shape index (κ1) is 28.8. The van der Waals surface area contributed by atoms with Crippen molar-refractivity contribution in [3.8, 4) is 5.75 Å². The van der Waals surface area contributed by atoms with E-state index in [9.17, 15) is 0 Å². The lowest BCUT2D eigenvalue weighted by atomic mass is 10.0. The van der Waals surface area contributed by atoms with Gasteiger partial charge in [-0.05, 0) is 61.2 Å². The highest BCUT2D eigenvalue weighted by atomic mass is 79.9. The molecule has 0 bridgehead atoms. The van der Waals surface area contributed by atoms with Crippen LogP contribution in [0.5, 0.6) is 5.75 Å². The molecule has 0 radical (unpaired) electrons. The molecule has 33 heavy (non-hydrogen) atoms. The summed E-state index contributed by atoms with van der Waals surface area (Å²) in [5, 5.41) is 2.75. The van der Waals surface area contributed by atoms with E-state index in [4.69, 9.17) is 13.6 Å². The molecule has 1 saturated heterocycles. The fraction of sp³-hybridized carbons (Fsp3) is 0.760. The van der Waals surface area contributed by atoms with Gasteiger partial charge in [-0.1, -0.05) is 57.5 Å². The van der Waals surface area contributed by atoms with Gasteiger partial charge in [-0.25, -0.2) is 5.01 Å². The Morgan fingerprint density at radius 2 is 1.61 bits per heavy atom. The zero-order valence-electron chi connectivity index (χ0n) is 22.8. The van der Waals surface area contributed by atoms with Gasteiger partial charge in [0.25, 0.3) is 0 Å². The quantitative estimate of drug-likeness (QED) is 0.331. The number of nitrogens with one attached hydrogen (secondary N) is 1. The van der Waals surface area contributed by atoms with Crippen LogP contribution in [0.2, 0.25) is 36.3 Å². The maximum atomic E-state index is 6.84. The Morgan fingerprint density at radius 3 is 2.15 bits per heavy atom. The van der Waals surface area contributed by atoms with Crippen molar-refractivity contribution >= 4 is 38.3 Å². The van der Waals surface area contributed by atoms with E-state index in [2.05, 4.69) is 100 Å². The molecule has 1 N–H and O–H groups in total. The third-order valence-electron chi connectivity index (χ3n) is 7.76. The molecule has 190 valence electrons. The van der Waals surface area contributed by atoms with Crippen molar-refractivity contribution in [3.05, 3.63) is 22.7 Å². The van der Waals surface area contributed by atoms with Gasteiger partial charge in [-0.2, -0.15) is 0 Å². The standard InChI is InChI=1S/C25H47BrN2O3Si2/c1-24(2,3)32(8,9)30-18-21-17-22(31-33(10,11)25(4,5)6)12-13-28(21)27-20-14-19(26)15-23(16-20)29-7/h14-16,21-22,27H,12-13,17-18H2,1-11H3/t21-,22?/m0/s1. The van der Waals surface area contributed by atoms with E-state index < -0.39 is 16.6 Å². The monoisotopic (exact) mass is 558 g/mol. The van der Waals surface area contributed by atoms with Gasteiger partial charge in [-0.3, -0.25) is 0 Å². The van der Waals surface area contributed by atoms with E-state index >= 15 is 0 Å². The normalized spacial score (nSPS) is 21.2. The first-order valence-electron chi connectivity index (χ1n) is 12.1. The molecule has 1 unspecified atom stereocenters. The van der Waals surface area contributed by atoms with Crippen molar-refractivity contribution in [3.63, 3.8) is 0 Å². The Morgan fingerprint density at radius 1 is 1.00 bits per heavy atom. The molecule has 8 heteroatoms. The highest BCUT2D eigenvalue weighted by molar-refractivity contribution is 9.10. The SMILES string of the molecule is COc1cc(Br)cc(NN2CCC(O[Si](C)(C)C(C)(C)C)C[C@H]2CO[Si](C)(C)C(C)(C)C)c1. The van der Waals surface area contributed by atoms with E-state index in [1.807, 2.05) is 12.1 Å². The van der Waals surface area contributed by atoms with E-state index in [1.54, 1.807) is 7.11 Å². The summed E-state index contributed by atoms with van der Waals surface area (Å²) in [5.41, 5.74) is 4.67. The number of piperidine rings is 1.